The van der Waals surface area contributed by atoms with E-state index in [2.05, 4.69) is 28.2 Å². The molecule has 1 aliphatic heterocycles. The summed E-state index contributed by atoms with van der Waals surface area (Å²) in [5.41, 5.74) is 5.75. The third-order valence-electron chi connectivity index (χ3n) is 5.76. The number of hydrogen-bond donors (Lipinski definition) is 5. The minimum Gasteiger partial charge on any atom is -0.343 e. The number of carbonyl (C=O) groups excluding carboxylic acids is 2. The summed E-state index contributed by atoms with van der Waals surface area (Å²) in [5.74, 6) is -0.245. The molecule has 6 N–H and O–H groups in total. The van der Waals surface area contributed by atoms with Gasteiger partial charge in [-0.3, -0.25) is 9.59 Å². The molecule has 0 radical (unpaired) electrons. The molecule has 0 aromatic heterocycles. The van der Waals surface area contributed by atoms with Gasteiger partial charge >= 0.3 is 0 Å². The summed E-state index contributed by atoms with van der Waals surface area (Å²) < 4.78 is 0. The molecule has 0 unspecified atom stereocenters. The normalized spacial score (nSPS) is 18.5. The number of nitrogens with two attached hydrogens (primary N) is 1. The van der Waals surface area contributed by atoms with E-state index in [-0.39, 0.29) is 11.8 Å². The monoisotopic (exact) mass is 440 g/mol. The maximum Gasteiger partial charge on any atom is 0.245 e. The number of carbonyl (C=O) groups is 2. The maximum atomic E-state index is 13.3. The summed E-state index contributed by atoms with van der Waals surface area (Å²) in [4.78, 5) is 27.4. The Balaban J connectivity index is 2.57. The van der Waals surface area contributed by atoms with Crippen LogP contribution in [0.25, 0.3) is 0 Å². The van der Waals surface area contributed by atoms with Crippen molar-refractivity contribution in [3.05, 3.63) is 0 Å². The summed E-state index contributed by atoms with van der Waals surface area (Å²) in [5, 5.41) is 13.0. The van der Waals surface area contributed by atoms with Gasteiger partial charge in [-0.2, -0.15) is 0 Å². The molecule has 1 rings (SSSR count). The van der Waals surface area contributed by atoms with Crippen molar-refractivity contribution in [2.24, 2.45) is 5.73 Å². The molecule has 1 saturated heterocycles. The van der Waals surface area contributed by atoms with Crippen molar-refractivity contribution in [2.45, 2.75) is 83.7 Å². The van der Waals surface area contributed by atoms with E-state index in [9.17, 15) is 9.59 Å². The van der Waals surface area contributed by atoms with Crippen LogP contribution in [0.2, 0.25) is 0 Å². The summed E-state index contributed by atoms with van der Waals surface area (Å²) >= 11 is 0. The highest BCUT2D eigenvalue weighted by Gasteiger charge is 2.26. The van der Waals surface area contributed by atoms with Gasteiger partial charge in [-0.15, -0.1) is 0 Å². The number of amides is 2. The molecule has 8 heteroatoms. The highest BCUT2D eigenvalue weighted by molar-refractivity contribution is 5.89. The first kappa shape index (κ1) is 27.8. The SMILES string of the molecule is CCCCCCCCCC[C@H](NC(=O)[C@@H](C)N)C(=O)N1CCNCCNCCNCC1. The Kier molecular flexibility index (Phi) is 16.5. The van der Waals surface area contributed by atoms with Crippen LogP contribution in [-0.4, -0.2) is 81.2 Å². The van der Waals surface area contributed by atoms with Crippen LogP contribution < -0.4 is 27.0 Å². The maximum absolute atomic E-state index is 13.3. The molecular formula is C23H48N6O2. The predicted molar refractivity (Wildman–Crippen MR) is 128 cm³/mol. The quantitative estimate of drug-likeness (QED) is 0.289. The Morgan fingerprint density at radius 1 is 0.839 bits per heavy atom. The van der Waals surface area contributed by atoms with Gasteiger partial charge in [0.1, 0.15) is 6.04 Å². The highest BCUT2D eigenvalue weighted by atomic mass is 16.2. The highest BCUT2D eigenvalue weighted by Crippen LogP contribution is 2.12. The second-order valence-corrected chi connectivity index (χ2v) is 8.69. The third-order valence-corrected chi connectivity index (χ3v) is 5.76. The lowest BCUT2D eigenvalue weighted by Crippen LogP contribution is -2.54. The standard InChI is InChI=1S/C23H48N6O2/c1-3-4-5-6-7-8-9-10-11-21(28-22(30)20(2)24)23(31)29-18-16-26-14-12-25-13-15-27-17-19-29/h20-21,25-27H,3-19,24H2,1-2H3,(H,28,30)/t20-,21+/m1/s1. The largest absolute Gasteiger partial charge is 0.343 e. The van der Waals surface area contributed by atoms with Gasteiger partial charge in [0.2, 0.25) is 11.8 Å². The zero-order valence-electron chi connectivity index (χ0n) is 20.0. The number of nitrogens with one attached hydrogen (secondary N) is 4. The topological polar surface area (TPSA) is 112 Å². The van der Waals surface area contributed by atoms with Crippen LogP contribution in [-0.2, 0) is 9.59 Å². The Morgan fingerprint density at radius 2 is 1.32 bits per heavy atom. The minimum atomic E-state index is -0.615. The van der Waals surface area contributed by atoms with Gasteiger partial charge in [-0.1, -0.05) is 58.3 Å². The van der Waals surface area contributed by atoms with Gasteiger partial charge < -0.3 is 31.9 Å². The van der Waals surface area contributed by atoms with Gasteiger partial charge in [-0.05, 0) is 13.3 Å². The first-order valence-electron chi connectivity index (χ1n) is 12.5. The van der Waals surface area contributed by atoms with Crippen molar-refractivity contribution in [3.63, 3.8) is 0 Å². The van der Waals surface area contributed by atoms with E-state index in [0.717, 1.165) is 52.1 Å². The second kappa shape index (κ2) is 18.4. The van der Waals surface area contributed by atoms with E-state index in [1.807, 2.05) is 4.90 Å². The fourth-order valence-corrected chi connectivity index (χ4v) is 3.75. The van der Waals surface area contributed by atoms with Gasteiger partial charge in [-0.25, -0.2) is 0 Å². The first-order chi connectivity index (χ1) is 15.1. The molecule has 1 heterocycles. The summed E-state index contributed by atoms with van der Waals surface area (Å²) in [6, 6.07) is -1.11. The first-order valence-corrected chi connectivity index (χ1v) is 12.5. The van der Waals surface area contributed by atoms with E-state index in [1.54, 1.807) is 6.92 Å². The van der Waals surface area contributed by atoms with Gasteiger partial charge in [0.05, 0.1) is 6.04 Å². The van der Waals surface area contributed by atoms with Crippen LogP contribution in [0.1, 0.15) is 71.6 Å². The lowest BCUT2D eigenvalue weighted by molar-refractivity contribution is -0.136. The van der Waals surface area contributed by atoms with E-state index >= 15 is 0 Å². The lowest BCUT2D eigenvalue weighted by Gasteiger charge is -2.29. The average molecular weight is 441 g/mol. The predicted octanol–water partition coefficient (Wildman–Crippen LogP) is 0.960. The van der Waals surface area contributed by atoms with Gasteiger partial charge in [0, 0.05) is 52.4 Å². The van der Waals surface area contributed by atoms with Crippen molar-refractivity contribution in [1.29, 1.82) is 0 Å². The second-order valence-electron chi connectivity index (χ2n) is 8.69. The molecule has 1 aliphatic rings. The zero-order valence-corrected chi connectivity index (χ0v) is 20.0. The van der Waals surface area contributed by atoms with Crippen molar-refractivity contribution in [3.8, 4) is 0 Å². The molecule has 2 amide bonds. The Labute approximate surface area is 189 Å². The van der Waals surface area contributed by atoms with Crippen molar-refractivity contribution in [1.82, 2.24) is 26.2 Å². The number of unbranched alkanes of at least 4 members (excludes halogenated alkanes) is 7. The van der Waals surface area contributed by atoms with Crippen molar-refractivity contribution in [2.75, 3.05) is 52.4 Å². The molecule has 0 saturated carbocycles. The third kappa shape index (κ3) is 13.7. The molecule has 0 bridgehead atoms. The molecule has 0 aromatic rings. The number of hydrogen-bond acceptors (Lipinski definition) is 6. The Morgan fingerprint density at radius 3 is 1.84 bits per heavy atom. The van der Waals surface area contributed by atoms with Crippen LogP contribution in [0, 0.1) is 0 Å². The molecule has 0 aliphatic carbocycles. The molecular weight excluding hydrogens is 392 g/mol. The van der Waals surface area contributed by atoms with Crippen molar-refractivity contribution >= 4 is 11.8 Å². The molecule has 2 atom stereocenters. The molecule has 8 nitrogen and oxygen atoms in total. The van der Waals surface area contributed by atoms with E-state index < -0.39 is 12.1 Å². The van der Waals surface area contributed by atoms with Gasteiger partial charge in [0.25, 0.3) is 0 Å². The van der Waals surface area contributed by atoms with Crippen LogP contribution >= 0.6 is 0 Å². The zero-order chi connectivity index (χ0) is 22.7. The average Bonchev–Trinajstić information content (AvgIpc) is 2.74. The van der Waals surface area contributed by atoms with Crippen LogP contribution in [0.4, 0.5) is 0 Å². The summed E-state index contributed by atoms with van der Waals surface area (Å²) in [6.45, 7) is 10.3. The fourth-order valence-electron chi connectivity index (χ4n) is 3.75. The number of nitrogens with zero attached hydrogens (tertiary/aromatic N) is 1. The Hall–Kier alpha value is -1.22. The lowest BCUT2D eigenvalue weighted by atomic mass is 10.0. The minimum absolute atomic E-state index is 0.00994. The van der Waals surface area contributed by atoms with E-state index in [0.29, 0.717) is 19.5 Å². The van der Waals surface area contributed by atoms with Crippen LogP contribution in [0.15, 0.2) is 0 Å². The Bertz CT molecular complexity index is 463. The summed E-state index contributed by atoms with van der Waals surface area (Å²) in [7, 11) is 0. The fraction of sp³-hybridized carbons (Fsp3) is 0.913. The van der Waals surface area contributed by atoms with Crippen LogP contribution in [0.3, 0.4) is 0 Å². The summed E-state index contributed by atoms with van der Waals surface area (Å²) in [6.07, 6.45) is 10.3. The molecule has 0 aromatic carbocycles. The molecule has 182 valence electrons. The van der Waals surface area contributed by atoms with Crippen molar-refractivity contribution < 1.29 is 9.59 Å². The smallest absolute Gasteiger partial charge is 0.245 e. The van der Waals surface area contributed by atoms with Gasteiger partial charge in [0.15, 0.2) is 0 Å². The molecule has 0 spiro atoms. The van der Waals surface area contributed by atoms with Crippen LogP contribution in [0.5, 0.6) is 0 Å². The number of rotatable bonds is 12. The van der Waals surface area contributed by atoms with E-state index in [1.165, 1.54) is 38.5 Å². The molecule has 31 heavy (non-hydrogen) atoms. The van der Waals surface area contributed by atoms with E-state index in [4.69, 9.17) is 5.73 Å². The molecule has 1 fully saturated rings.